The molecule has 0 saturated carbocycles. The fraction of sp³-hybridized carbons (Fsp3) is 0.217. The summed E-state index contributed by atoms with van der Waals surface area (Å²) in [6, 6.07) is 16.7. The van der Waals surface area contributed by atoms with E-state index in [0.29, 0.717) is 5.56 Å². The van der Waals surface area contributed by atoms with E-state index in [1.165, 1.54) is 24.3 Å². The van der Waals surface area contributed by atoms with Crippen LogP contribution in [0.1, 0.15) is 40.0 Å². The third kappa shape index (κ3) is 4.55. The molecule has 0 spiro atoms. The minimum atomic E-state index is -1.03. The molecule has 29 heavy (non-hydrogen) atoms. The SMILES string of the molecule is O=C(O)c1ccc(OC(=O)c2ccc3cc(OC4CCCCO4)ccc3c2)cc1. The molecular formula is C23H20O6. The van der Waals surface area contributed by atoms with E-state index in [9.17, 15) is 9.59 Å². The lowest BCUT2D eigenvalue weighted by molar-refractivity contribution is -0.105. The Hall–Kier alpha value is -3.38. The second-order valence-corrected chi connectivity index (χ2v) is 6.86. The van der Waals surface area contributed by atoms with E-state index in [-0.39, 0.29) is 17.6 Å². The van der Waals surface area contributed by atoms with Crippen molar-refractivity contribution >= 4 is 22.7 Å². The van der Waals surface area contributed by atoms with Crippen LogP contribution < -0.4 is 9.47 Å². The Morgan fingerprint density at radius 2 is 1.55 bits per heavy atom. The smallest absolute Gasteiger partial charge is 0.343 e. The second-order valence-electron chi connectivity index (χ2n) is 6.86. The summed E-state index contributed by atoms with van der Waals surface area (Å²) in [4.78, 5) is 23.3. The number of hydrogen-bond acceptors (Lipinski definition) is 5. The van der Waals surface area contributed by atoms with Gasteiger partial charge in [0.2, 0.25) is 0 Å². The molecule has 148 valence electrons. The number of rotatable bonds is 5. The van der Waals surface area contributed by atoms with Gasteiger partial charge in [-0.3, -0.25) is 0 Å². The first-order valence-corrected chi connectivity index (χ1v) is 9.46. The quantitative estimate of drug-likeness (QED) is 0.502. The summed E-state index contributed by atoms with van der Waals surface area (Å²) in [5.74, 6) is -0.517. The van der Waals surface area contributed by atoms with Gasteiger partial charge in [-0.2, -0.15) is 0 Å². The zero-order valence-corrected chi connectivity index (χ0v) is 15.7. The van der Waals surface area contributed by atoms with Crippen LogP contribution in [-0.4, -0.2) is 29.9 Å². The first-order chi connectivity index (χ1) is 14.1. The van der Waals surface area contributed by atoms with Gasteiger partial charge in [-0.05, 0) is 72.1 Å². The van der Waals surface area contributed by atoms with E-state index in [1.54, 1.807) is 12.1 Å². The number of fused-ring (bicyclic) bond motifs is 1. The maximum absolute atomic E-state index is 12.4. The molecule has 1 unspecified atom stereocenters. The van der Waals surface area contributed by atoms with Gasteiger partial charge < -0.3 is 19.3 Å². The van der Waals surface area contributed by atoms with E-state index in [0.717, 1.165) is 42.4 Å². The number of ether oxygens (including phenoxy) is 3. The van der Waals surface area contributed by atoms with Gasteiger partial charge >= 0.3 is 11.9 Å². The van der Waals surface area contributed by atoms with Gasteiger partial charge in [0.15, 0.2) is 6.29 Å². The summed E-state index contributed by atoms with van der Waals surface area (Å²) in [5, 5.41) is 10.8. The molecule has 1 atom stereocenters. The molecule has 6 nitrogen and oxygen atoms in total. The maximum Gasteiger partial charge on any atom is 0.343 e. The van der Waals surface area contributed by atoms with E-state index < -0.39 is 11.9 Å². The molecule has 0 radical (unpaired) electrons. The molecule has 1 saturated heterocycles. The summed E-state index contributed by atoms with van der Waals surface area (Å²) in [6.07, 6.45) is 2.85. The Morgan fingerprint density at radius 1 is 0.862 bits per heavy atom. The van der Waals surface area contributed by atoms with Crippen molar-refractivity contribution < 1.29 is 28.9 Å². The maximum atomic E-state index is 12.4. The van der Waals surface area contributed by atoms with Gasteiger partial charge in [0.05, 0.1) is 17.7 Å². The molecule has 1 fully saturated rings. The molecule has 0 amide bonds. The summed E-state index contributed by atoms with van der Waals surface area (Å²) in [6.45, 7) is 0.725. The van der Waals surface area contributed by atoms with Crippen LogP contribution in [0.25, 0.3) is 10.8 Å². The van der Waals surface area contributed by atoms with Crippen molar-refractivity contribution in [3.63, 3.8) is 0 Å². The number of carbonyl (C=O) groups excluding carboxylic acids is 1. The van der Waals surface area contributed by atoms with Gasteiger partial charge in [-0.15, -0.1) is 0 Å². The van der Waals surface area contributed by atoms with E-state index in [1.807, 2.05) is 24.3 Å². The predicted octanol–water partition coefficient (Wildman–Crippen LogP) is 4.66. The summed E-state index contributed by atoms with van der Waals surface area (Å²) in [7, 11) is 0. The van der Waals surface area contributed by atoms with Gasteiger partial charge in [-0.25, -0.2) is 9.59 Å². The minimum Gasteiger partial charge on any atom is -0.478 e. The number of carboxylic acids is 1. The third-order valence-corrected chi connectivity index (χ3v) is 4.76. The largest absolute Gasteiger partial charge is 0.478 e. The number of aromatic carboxylic acids is 1. The fourth-order valence-electron chi connectivity index (χ4n) is 3.21. The fourth-order valence-corrected chi connectivity index (χ4v) is 3.21. The average molecular weight is 392 g/mol. The highest BCUT2D eigenvalue weighted by atomic mass is 16.7. The van der Waals surface area contributed by atoms with Crippen molar-refractivity contribution in [3.05, 3.63) is 71.8 Å². The number of esters is 1. The van der Waals surface area contributed by atoms with Crippen LogP contribution in [0.5, 0.6) is 11.5 Å². The summed E-state index contributed by atoms with van der Waals surface area (Å²) < 4.78 is 16.8. The Kier molecular flexibility index (Phi) is 5.44. The zero-order valence-electron chi connectivity index (χ0n) is 15.7. The topological polar surface area (TPSA) is 82.1 Å². The lowest BCUT2D eigenvalue weighted by atomic mass is 10.1. The number of hydrogen-bond donors (Lipinski definition) is 1. The van der Waals surface area contributed by atoms with Crippen molar-refractivity contribution in [3.8, 4) is 11.5 Å². The molecule has 0 aromatic heterocycles. The highest BCUT2D eigenvalue weighted by Crippen LogP contribution is 2.25. The molecule has 1 heterocycles. The molecule has 1 aliphatic heterocycles. The first-order valence-electron chi connectivity index (χ1n) is 9.46. The number of carboxylic acid groups (broad SMARTS) is 1. The minimum absolute atomic E-state index is 0.132. The molecule has 3 aromatic rings. The summed E-state index contributed by atoms with van der Waals surface area (Å²) in [5.41, 5.74) is 0.538. The van der Waals surface area contributed by atoms with Gasteiger partial charge in [0.1, 0.15) is 11.5 Å². The van der Waals surface area contributed by atoms with Crippen molar-refractivity contribution in [1.29, 1.82) is 0 Å². The van der Waals surface area contributed by atoms with Crippen LogP contribution in [0, 0.1) is 0 Å². The monoisotopic (exact) mass is 392 g/mol. The van der Waals surface area contributed by atoms with Crippen LogP contribution in [0.4, 0.5) is 0 Å². The molecule has 4 rings (SSSR count). The molecule has 0 bridgehead atoms. The normalized spacial score (nSPS) is 16.3. The standard InChI is InChI=1S/C23H20O6/c24-22(25)15-6-9-19(10-7-15)29-23(26)18-5-4-17-14-20(11-8-16(17)13-18)28-21-3-1-2-12-27-21/h4-11,13-14,21H,1-3,12H2,(H,24,25). The zero-order chi connectivity index (χ0) is 20.2. The highest BCUT2D eigenvalue weighted by molar-refractivity contribution is 5.96. The number of benzene rings is 3. The molecular weight excluding hydrogens is 372 g/mol. The van der Waals surface area contributed by atoms with Gasteiger partial charge in [0, 0.05) is 6.42 Å². The number of carbonyl (C=O) groups is 2. The first kappa shape index (κ1) is 19.0. The third-order valence-electron chi connectivity index (χ3n) is 4.76. The Morgan fingerprint density at radius 3 is 2.28 bits per heavy atom. The van der Waals surface area contributed by atoms with Crippen LogP contribution in [-0.2, 0) is 4.74 Å². The molecule has 0 aliphatic carbocycles. The molecule has 1 aliphatic rings. The van der Waals surface area contributed by atoms with Crippen LogP contribution >= 0.6 is 0 Å². The van der Waals surface area contributed by atoms with Crippen molar-refractivity contribution in [2.75, 3.05) is 6.61 Å². The average Bonchev–Trinajstić information content (AvgIpc) is 2.74. The van der Waals surface area contributed by atoms with Gasteiger partial charge in [-0.1, -0.05) is 12.1 Å². The Bertz CT molecular complexity index is 1030. The van der Waals surface area contributed by atoms with E-state index in [4.69, 9.17) is 19.3 Å². The predicted molar refractivity (Wildman–Crippen MR) is 107 cm³/mol. The van der Waals surface area contributed by atoms with Crippen LogP contribution in [0.3, 0.4) is 0 Å². The van der Waals surface area contributed by atoms with Gasteiger partial charge in [0.25, 0.3) is 0 Å². The second kappa shape index (κ2) is 8.32. The molecule has 3 aromatic carbocycles. The van der Waals surface area contributed by atoms with Crippen molar-refractivity contribution in [2.45, 2.75) is 25.6 Å². The van der Waals surface area contributed by atoms with E-state index >= 15 is 0 Å². The summed E-state index contributed by atoms with van der Waals surface area (Å²) >= 11 is 0. The van der Waals surface area contributed by atoms with Crippen molar-refractivity contribution in [2.24, 2.45) is 0 Å². The molecule has 1 N–H and O–H groups in total. The lowest BCUT2D eigenvalue weighted by Crippen LogP contribution is -2.24. The Balaban J connectivity index is 1.47. The molecule has 6 heteroatoms. The Labute approximate surface area is 167 Å². The van der Waals surface area contributed by atoms with Crippen LogP contribution in [0.15, 0.2) is 60.7 Å². The van der Waals surface area contributed by atoms with Crippen molar-refractivity contribution in [1.82, 2.24) is 0 Å². The van der Waals surface area contributed by atoms with Crippen LogP contribution in [0.2, 0.25) is 0 Å². The highest BCUT2D eigenvalue weighted by Gasteiger charge is 2.16. The van der Waals surface area contributed by atoms with E-state index in [2.05, 4.69) is 0 Å². The lowest BCUT2D eigenvalue weighted by Gasteiger charge is -2.23.